The summed E-state index contributed by atoms with van der Waals surface area (Å²) in [6, 6.07) is 15.2. The summed E-state index contributed by atoms with van der Waals surface area (Å²) in [6.45, 7) is 1.88. The molecule has 0 bridgehead atoms. The monoisotopic (exact) mass is 365 g/mol. The maximum Gasteiger partial charge on any atom is 0.130 e. The molecule has 3 rings (SSSR count). The molecule has 2 aromatic carbocycles. The normalized spacial score (nSPS) is 11.9. The van der Waals surface area contributed by atoms with E-state index >= 15 is 0 Å². The van der Waals surface area contributed by atoms with Crippen molar-refractivity contribution in [3.63, 3.8) is 0 Å². The summed E-state index contributed by atoms with van der Waals surface area (Å²) in [5.41, 5.74) is 1.09. The number of nitrogens with zero attached hydrogens (tertiary/aromatic N) is 1. The fourth-order valence-electron chi connectivity index (χ4n) is 2.66. The highest BCUT2D eigenvalue weighted by Gasteiger charge is 2.07. The van der Waals surface area contributed by atoms with Crippen LogP contribution >= 0.6 is 0 Å². The Bertz CT molecular complexity index is 892. The lowest BCUT2D eigenvalue weighted by Crippen LogP contribution is -2.25. The van der Waals surface area contributed by atoms with E-state index in [0.29, 0.717) is 17.9 Å². The topological polar surface area (TPSA) is 68.7 Å². The molecule has 1 atom stereocenters. The molecule has 0 amide bonds. The summed E-state index contributed by atoms with van der Waals surface area (Å²) >= 11 is 0. The second kappa shape index (κ2) is 9.14. The number of aryl methyl sites for hydroxylation is 1. The second-order valence-electron chi connectivity index (χ2n) is 6.51. The first-order chi connectivity index (χ1) is 13.1. The van der Waals surface area contributed by atoms with Crippen molar-refractivity contribution in [2.75, 3.05) is 13.2 Å². The van der Waals surface area contributed by atoms with Gasteiger partial charge in [-0.15, -0.1) is 0 Å². The number of carbonyl (C=O) groups is 1. The molecule has 0 saturated carbocycles. The summed E-state index contributed by atoms with van der Waals surface area (Å²) in [7, 11) is 0. The average molecular weight is 365 g/mol. The number of benzene rings is 2. The quantitative estimate of drug-likeness (QED) is 0.628. The Morgan fingerprint density at radius 2 is 1.70 bits per heavy atom. The second-order valence-corrected chi connectivity index (χ2v) is 6.51. The first-order valence-corrected chi connectivity index (χ1v) is 8.96. The van der Waals surface area contributed by atoms with Gasteiger partial charge in [-0.25, -0.2) is 0 Å². The van der Waals surface area contributed by atoms with Crippen molar-refractivity contribution >= 4 is 16.6 Å². The van der Waals surface area contributed by atoms with Crippen LogP contribution in [0.4, 0.5) is 0 Å². The number of ketones is 1. The molecule has 1 N–H and O–H groups in total. The first-order valence-electron chi connectivity index (χ1n) is 8.96. The SMILES string of the molecule is CC(=O)CCc1ccc(OCC(O)COc2ccc3ccncc3c2)cc1. The molecular weight excluding hydrogens is 342 g/mol. The Labute approximate surface area is 158 Å². The predicted octanol–water partition coefficient (Wildman–Crippen LogP) is 3.58. The number of hydrogen-bond donors (Lipinski definition) is 1. The third-order valence-corrected chi connectivity index (χ3v) is 4.19. The number of carbonyl (C=O) groups excluding carboxylic acids is 1. The van der Waals surface area contributed by atoms with Crippen molar-refractivity contribution in [3.05, 3.63) is 66.5 Å². The van der Waals surface area contributed by atoms with Gasteiger partial charge in [0.2, 0.25) is 0 Å². The largest absolute Gasteiger partial charge is 0.491 e. The lowest BCUT2D eigenvalue weighted by atomic mass is 10.1. The Morgan fingerprint density at radius 3 is 2.44 bits per heavy atom. The number of Topliss-reactive ketones (excluding diaryl/α,β-unsaturated/α-hetero) is 1. The third-order valence-electron chi connectivity index (χ3n) is 4.19. The third kappa shape index (κ3) is 5.79. The Hall–Kier alpha value is -2.92. The van der Waals surface area contributed by atoms with Gasteiger partial charge in [0.25, 0.3) is 0 Å². The van der Waals surface area contributed by atoms with E-state index < -0.39 is 6.10 Å². The number of ether oxygens (including phenoxy) is 2. The zero-order valence-corrected chi connectivity index (χ0v) is 15.3. The van der Waals surface area contributed by atoms with Crippen molar-refractivity contribution in [1.82, 2.24) is 4.98 Å². The molecule has 0 fully saturated rings. The minimum absolute atomic E-state index is 0.141. The highest BCUT2D eigenvalue weighted by molar-refractivity contribution is 5.82. The molecule has 0 aliphatic rings. The van der Waals surface area contributed by atoms with Crippen LogP contribution in [-0.4, -0.2) is 35.2 Å². The highest BCUT2D eigenvalue weighted by atomic mass is 16.5. The zero-order valence-electron chi connectivity index (χ0n) is 15.3. The Balaban J connectivity index is 1.44. The van der Waals surface area contributed by atoms with E-state index in [1.807, 2.05) is 48.5 Å². The van der Waals surface area contributed by atoms with Gasteiger partial charge in [-0.05, 0) is 54.6 Å². The van der Waals surface area contributed by atoms with Gasteiger partial charge >= 0.3 is 0 Å². The fourth-order valence-corrected chi connectivity index (χ4v) is 2.66. The molecule has 0 aliphatic heterocycles. The van der Waals surface area contributed by atoms with Gasteiger partial charge < -0.3 is 19.4 Å². The molecular formula is C22H23NO4. The van der Waals surface area contributed by atoms with Gasteiger partial charge in [-0.3, -0.25) is 4.98 Å². The maximum atomic E-state index is 11.0. The number of aliphatic hydroxyl groups excluding tert-OH is 1. The number of aliphatic hydroxyl groups is 1. The minimum Gasteiger partial charge on any atom is -0.491 e. The van der Waals surface area contributed by atoms with Gasteiger partial charge in [0.05, 0.1) is 0 Å². The molecule has 0 aliphatic carbocycles. The molecule has 0 radical (unpaired) electrons. The van der Waals surface area contributed by atoms with Gasteiger partial charge in [0.15, 0.2) is 0 Å². The average Bonchev–Trinajstić information content (AvgIpc) is 2.69. The number of pyridine rings is 1. The van der Waals surface area contributed by atoms with Crippen molar-refractivity contribution in [2.45, 2.75) is 25.9 Å². The Morgan fingerprint density at radius 1 is 1.00 bits per heavy atom. The van der Waals surface area contributed by atoms with Crippen molar-refractivity contribution in [2.24, 2.45) is 0 Å². The number of fused-ring (bicyclic) bond motifs is 1. The lowest BCUT2D eigenvalue weighted by Gasteiger charge is -2.14. The van der Waals surface area contributed by atoms with E-state index in [0.717, 1.165) is 22.8 Å². The van der Waals surface area contributed by atoms with Crippen LogP contribution in [-0.2, 0) is 11.2 Å². The fraction of sp³-hybridized carbons (Fsp3) is 0.273. The Kier molecular flexibility index (Phi) is 6.39. The maximum absolute atomic E-state index is 11.0. The molecule has 0 spiro atoms. The highest BCUT2D eigenvalue weighted by Crippen LogP contribution is 2.20. The number of rotatable bonds is 9. The van der Waals surface area contributed by atoms with E-state index in [9.17, 15) is 9.90 Å². The van der Waals surface area contributed by atoms with E-state index in [-0.39, 0.29) is 19.0 Å². The van der Waals surface area contributed by atoms with Crippen LogP contribution in [0.15, 0.2) is 60.9 Å². The van der Waals surface area contributed by atoms with Gasteiger partial charge in [0, 0.05) is 24.2 Å². The van der Waals surface area contributed by atoms with E-state index in [1.165, 1.54) is 0 Å². The molecule has 1 unspecified atom stereocenters. The minimum atomic E-state index is -0.744. The van der Waals surface area contributed by atoms with Crippen LogP contribution in [0.3, 0.4) is 0 Å². The van der Waals surface area contributed by atoms with Crippen molar-refractivity contribution in [1.29, 1.82) is 0 Å². The molecule has 140 valence electrons. The van der Waals surface area contributed by atoms with E-state index in [2.05, 4.69) is 4.98 Å². The van der Waals surface area contributed by atoms with Crippen LogP contribution in [0, 0.1) is 0 Å². The molecule has 0 saturated heterocycles. The summed E-state index contributed by atoms with van der Waals surface area (Å²) < 4.78 is 11.2. The van der Waals surface area contributed by atoms with Crippen molar-refractivity contribution in [3.8, 4) is 11.5 Å². The molecule has 3 aromatic rings. The van der Waals surface area contributed by atoms with Crippen LogP contribution in [0.25, 0.3) is 10.8 Å². The van der Waals surface area contributed by atoms with Crippen LogP contribution in [0.2, 0.25) is 0 Å². The first kappa shape index (κ1) is 18.9. The van der Waals surface area contributed by atoms with Gasteiger partial charge in [-0.1, -0.05) is 18.2 Å². The van der Waals surface area contributed by atoms with Crippen LogP contribution in [0.1, 0.15) is 18.9 Å². The summed E-state index contributed by atoms with van der Waals surface area (Å²) in [5.74, 6) is 1.54. The van der Waals surface area contributed by atoms with Gasteiger partial charge in [-0.2, -0.15) is 0 Å². The summed E-state index contributed by atoms with van der Waals surface area (Å²) in [5, 5.41) is 12.2. The predicted molar refractivity (Wildman–Crippen MR) is 104 cm³/mol. The van der Waals surface area contributed by atoms with E-state index in [1.54, 1.807) is 19.3 Å². The zero-order chi connectivity index (χ0) is 19.1. The van der Waals surface area contributed by atoms with Gasteiger partial charge in [0.1, 0.15) is 36.6 Å². The molecule has 1 heterocycles. The molecule has 5 heteroatoms. The molecule has 27 heavy (non-hydrogen) atoms. The van der Waals surface area contributed by atoms with Crippen LogP contribution < -0.4 is 9.47 Å². The number of aromatic nitrogens is 1. The summed E-state index contributed by atoms with van der Waals surface area (Å²) in [4.78, 5) is 15.1. The lowest BCUT2D eigenvalue weighted by molar-refractivity contribution is -0.116. The molecule has 5 nitrogen and oxygen atoms in total. The standard InChI is InChI=1S/C22H23NO4/c1-16(24)2-3-17-4-7-21(8-5-17)26-14-20(25)15-27-22-9-6-18-10-11-23-13-19(18)12-22/h4-13,20,25H,2-3,14-15H2,1H3. The van der Waals surface area contributed by atoms with Crippen LogP contribution in [0.5, 0.6) is 11.5 Å². The molecule has 1 aromatic heterocycles. The number of hydrogen-bond acceptors (Lipinski definition) is 5. The van der Waals surface area contributed by atoms with E-state index in [4.69, 9.17) is 9.47 Å². The van der Waals surface area contributed by atoms with Crippen molar-refractivity contribution < 1.29 is 19.4 Å². The smallest absolute Gasteiger partial charge is 0.130 e. The summed E-state index contributed by atoms with van der Waals surface area (Å²) in [6.07, 6.45) is 4.06.